The first-order valence-corrected chi connectivity index (χ1v) is 9.66. The molecule has 0 bridgehead atoms. The van der Waals surface area contributed by atoms with E-state index in [0.717, 1.165) is 24.4 Å². The molecule has 1 N–H and O–H groups in total. The van der Waals surface area contributed by atoms with Crippen LogP contribution in [0.4, 0.5) is 0 Å². The van der Waals surface area contributed by atoms with Gasteiger partial charge in [0.25, 0.3) is 0 Å². The Hall–Kier alpha value is -2.43. The maximum absolute atomic E-state index is 5.52. The van der Waals surface area contributed by atoms with Gasteiger partial charge < -0.3 is 10.1 Å². The number of nitrogens with zero attached hydrogens (tertiary/aromatic N) is 2. The topological polar surface area (TPSA) is 37.4 Å². The summed E-state index contributed by atoms with van der Waals surface area (Å²) in [7, 11) is 1.73. The Kier molecular flexibility index (Phi) is 5.10. The summed E-state index contributed by atoms with van der Waals surface area (Å²) >= 11 is 0. The summed E-state index contributed by atoms with van der Waals surface area (Å²) in [5.74, 6) is 0.895. The summed E-state index contributed by atoms with van der Waals surface area (Å²) in [6, 6.07) is 20.1. The maximum Gasteiger partial charge on any atom is 0.119 e. The van der Waals surface area contributed by atoms with Gasteiger partial charge in [0, 0.05) is 36.8 Å². The van der Waals surface area contributed by atoms with Crippen molar-refractivity contribution < 1.29 is 4.74 Å². The van der Waals surface area contributed by atoms with Crippen molar-refractivity contribution in [1.82, 2.24) is 15.2 Å². The van der Waals surface area contributed by atoms with Gasteiger partial charge in [-0.15, -0.1) is 0 Å². The Morgan fingerprint density at radius 2 is 1.96 bits per heavy atom. The van der Waals surface area contributed by atoms with E-state index in [1.165, 1.54) is 16.5 Å². The number of hydrogen-bond acceptors (Lipinski definition) is 4. The van der Waals surface area contributed by atoms with Crippen LogP contribution in [0, 0.1) is 0 Å². The minimum Gasteiger partial charge on any atom is -0.497 e. The minimum absolute atomic E-state index is 0.160. The van der Waals surface area contributed by atoms with Crippen molar-refractivity contribution in [2.75, 3.05) is 20.2 Å². The molecular weight excluding hydrogens is 334 g/mol. The number of hydrogen-bond donors (Lipinski definition) is 1. The SMILES string of the molecule is COc1cccc(C(c2ccnc3ccccc23)N2CCN[C@H](C)[C@H]2C)c1. The Bertz CT molecular complexity index is 921. The number of benzene rings is 2. The molecule has 1 aliphatic rings. The van der Waals surface area contributed by atoms with Crippen LogP contribution in [0.2, 0.25) is 0 Å². The van der Waals surface area contributed by atoms with Crippen LogP contribution in [0.5, 0.6) is 5.75 Å². The molecule has 27 heavy (non-hydrogen) atoms. The van der Waals surface area contributed by atoms with Gasteiger partial charge in [0.1, 0.15) is 5.75 Å². The second kappa shape index (κ2) is 7.67. The molecule has 3 aromatic rings. The molecule has 1 unspecified atom stereocenters. The number of nitrogens with one attached hydrogen (secondary N) is 1. The van der Waals surface area contributed by atoms with E-state index in [0.29, 0.717) is 12.1 Å². The summed E-state index contributed by atoms with van der Waals surface area (Å²) in [5.41, 5.74) is 3.60. The van der Waals surface area contributed by atoms with Crippen molar-refractivity contribution in [2.45, 2.75) is 32.0 Å². The van der Waals surface area contributed by atoms with Gasteiger partial charge in [-0.25, -0.2) is 0 Å². The third kappa shape index (κ3) is 3.43. The van der Waals surface area contributed by atoms with Crippen LogP contribution in [0.1, 0.15) is 31.0 Å². The van der Waals surface area contributed by atoms with Crippen molar-refractivity contribution >= 4 is 10.9 Å². The fourth-order valence-corrected chi connectivity index (χ4v) is 4.16. The van der Waals surface area contributed by atoms with Crippen molar-refractivity contribution in [3.8, 4) is 5.75 Å². The minimum atomic E-state index is 0.160. The van der Waals surface area contributed by atoms with E-state index in [-0.39, 0.29) is 6.04 Å². The van der Waals surface area contributed by atoms with Crippen LogP contribution in [-0.4, -0.2) is 42.2 Å². The van der Waals surface area contributed by atoms with Crippen LogP contribution in [0.3, 0.4) is 0 Å². The van der Waals surface area contributed by atoms with Crippen LogP contribution >= 0.6 is 0 Å². The molecule has 2 aromatic carbocycles. The van der Waals surface area contributed by atoms with Crippen LogP contribution < -0.4 is 10.1 Å². The first kappa shape index (κ1) is 18.0. The van der Waals surface area contributed by atoms with Gasteiger partial charge in [-0.2, -0.15) is 0 Å². The lowest BCUT2D eigenvalue weighted by molar-refractivity contribution is 0.106. The highest BCUT2D eigenvalue weighted by molar-refractivity contribution is 5.82. The van der Waals surface area contributed by atoms with Crippen LogP contribution in [0.25, 0.3) is 10.9 Å². The van der Waals surface area contributed by atoms with E-state index in [1.54, 1.807) is 7.11 Å². The second-order valence-electron chi connectivity index (χ2n) is 7.32. The third-order valence-electron chi connectivity index (χ3n) is 5.80. The Labute approximate surface area is 161 Å². The predicted octanol–water partition coefficient (Wildman–Crippen LogP) is 4.02. The van der Waals surface area contributed by atoms with Gasteiger partial charge in [0.15, 0.2) is 0 Å². The van der Waals surface area contributed by atoms with Gasteiger partial charge in [0.05, 0.1) is 18.7 Å². The van der Waals surface area contributed by atoms with E-state index >= 15 is 0 Å². The summed E-state index contributed by atoms with van der Waals surface area (Å²) in [5, 5.41) is 4.81. The molecule has 3 atom stereocenters. The number of methoxy groups -OCH3 is 1. The molecule has 0 amide bonds. The molecule has 1 aromatic heterocycles. The zero-order chi connectivity index (χ0) is 18.8. The standard InChI is InChI=1S/C23H27N3O/c1-16-17(2)26(14-13-24-16)23(18-7-6-8-19(15-18)27-3)21-11-12-25-22-10-5-4-9-20(21)22/h4-12,15-17,23-24H,13-14H2,1-3H3/t16-,17-,23?/m1/s1. The van der Waals surface area contributed by atoms with Gasteiger partial charge >= 0.3 is 0 Å². The van der Waals surface area contributed by atoms with Crippen molar-refractivity contribution in [3.63, 3.8) is 0 Å². The number of fused-ring (bicyclic) bond motifs is 1. The van der Waals surface area contributed by atoms with E-state index < -0.39 is 0 Å². The Balaban J connectivity index is 1.90. The molecule has 0 saturated carbocycles. The van der Waals surface area contributed by atoms with Crippen LogP contribution in [0.15, 0.2) is 60.8 Å². The maximum atomic E-state index is 5.52. The van der Waals surface area contributed by atoms with Gasteiger partial charge in [-0.1, -0.05) is 30.3 Å². The fourth-order valence-electron chi connectivity index (χ4n) is 4.16. The average Bonchev–Trinajstić information content (AvgIpc) is 2.72. The lowest BCUT2D eigenvalue weighted by atomic mass is 9.91. The number of ether oxygens (including phenoxy) is 1. The van der Waals surface area contributed by atoms with Crippen LogP contribution in [-0.2, 0) is 0 Å². The highest BCUT2D eigenvalue weighted by atomic mass is 16.5. The number of aromatic nitrogens is 1. The van der Waals surface area contributed by atoms with E-state index in [2.05, 4.69) is 77.6 Å². The quantitative estimate of drug-likeness (QED) is 0.762. The molecule has 1 fully saturated rings. The molecule has 140 valence electrons. The van der Waals surface area contributed by atoms with Gasteiger partial charge in [-0.3, -0.25) is 9.88 Å². The molecule has 2 heterocycles. The molecule has 0 radical (unpaired) electrons. The van der Waals surface area contributed by atoms with E-state index in [4.69, 9.17) is 4.74 Å². The van der Waals surface area contributed by atoms with Crippen molar-refractivity contribution in [1.29, 1.82) is 0 Å². The smallest absolute Gasteiger partial charge is 0.119 e. The number of piperazine rings is 1. The lowest BCUT2D eigenvalue weighted by Crippen LogP contribution is -2.56. The first-order chi connectivity index (χ1) is 13.2. The first-order valence-electron chi connectivity index (χ1n) is 9.66. The Morgan fingerprint density at radius 3 is 2.81 bits per heavy atom. The molecule has 4 rings (SSSR count). The summed E-state index contributed by atoms with van der Waals surface area (Å²) < 4.78 is 5.52. The number of rotatable bonds is 4. The fraction of sp³-hybridized carbons (Fsp3) is 0.348. The molecule has 0 aliphatic carbocycles. The highest BCUT2D eigenvalue weighted by Gasteiger charge is 2.33. The highest BCUT2D eigenvalue weighted by Crippen LogP contribution is 2.36. The third-order valence-corrected chi connectivity index (χ3v) is 5.80. The van der Waals surface area contributed by atoms with E-state index in [1.807, 2.05) is 12.3 Å². The average molecular weight is 361 g/mol. The molecule has 4 heteroatoms. The Morgan fingerprint density at radius 1 is 1.11 bits per heavy atom. The monoisotopic (exact) mass is 361 g/mol. The zero-order valence-electron chi connectivity index (χ0n) is 16.2. The molecule has 0 spiro atoms. The van der Waals surface area contributed by atoms with Crippen molar-refractivity contribution in [2.24, 2.45) is 0 Å². The largest absolute Gasteiger partial charge is 0.497 e. The van der Waals surface area contributed by atoms with Gasteiger partial charge in [0.2, 0.25) is 0 Å². The predicted molar refractivity (Wildman–Crippen MR) is 110 cm³/mol. The lowest BCUT2D eigenvalue weighted by Gasteiger charge is -2.44. The van der Waals surface area contributed by atoms with Gasteiger partial charge in [-0.05, 0) is 49.2 Å². The van der Waals surface area contributed by atoms with E-state index in [9.17, 15) is 0 Å². The van der Waals surface area contributed by atoms with Crippen molar-refractivity contribution in [3.05, 3.63) is 71.9 Å². The normalized spacial score (nSPS) is 21.9. The molecule has 4 nitrogen and oxygen atoms in total. The number of para-hydroxylation sites is 1. The zero-order valence-corrected chi connectivity index (χ0v) is 16.2. The molecule has 1 aliphatic heterocycles. The summed E-state index contributed by atoms with van der Waals surface area (Å²) in [4.78, 5) is 7.18. The number of pyridine rings is 1. The summed E-state index contributed by atoms with van der Waals surface area (Å²) in [6.07, 6.45) is 1.93. The molecule has 1 saturated heterocycles. The summed E-state index contributed by atoms with van der Waals surface area (Å²) in [6.45, 7) is 6.58. The second-order valence-corrected chi connectivity index (χ2v) is 7.32. The molecular formula is C23H27N3O.